The number of benzene rings is 3. The Hall–Kier alpha value is -3.69. The molecule has 3 aromatic rings. The van der Waals surface area contributed by atoms with Gasteiger partial charge >= 0.3 is 5.97 Å². The van der Waals surface area contributed by atoms with Gasteiger partial charge in [-0.05, 0) is 50.6 Å². The van der Waals surface area contributed by atoms with Crippen LogP contribution in [0.5, 0.6) is 5.75 Å². The third-order valence-electron chi connectivity index (χ3n) is 4.75. The number of esters is 1. The van der Waals surface area contributed by atoms with Crippen molar-refractivity contribution in [3.8, 4) is 16.9 Å². The van der Waals surface area contributed by atoms with Crippen LogP contribution in [0.2, 0.25) is 0 Å². The molecule has 0 spiro atoms. The summed E-state index contributed by atoms with van der Waals surface area (Å²) >= 11 is 0. The Morgan fingerprint density at radius 3 is 2.23 bits per heavy atom. The van der Waals surface area contributed by atoms with Gasteiger partial charge in [-0.15, -0.1) is 0 Å². The molecule has 184 valence electrons. The maximum Gasteiger partial charge on any atom is 0.338 e. The zero-order valence-electron chi connectivity index (χ0n) is 20.0. The number of anilines is 1. The van der Waals surface area contributed by atoms with Crippen LogP contribution in [0.15, 0.2) is 77.7 Å². The Bertz CT molecular complexity index is 1320. The van der Waals surface area contributed by atoms with Crippen molar-refractivity contribution >= 4 is 27.6 Å². The standard InChI is InChI=1S/C26H28N2O6S/c1-26(2,3)28-35(31,32)23-16-19(14-15-22(23)33-4)25(30)34-17-24(29)27-21-13-9-8-12-20(21)18-10-6-5-7-11-18/h5-16,28H,17H2,1-4H3,(H,27,29). The molecule has 35 heavy (non-hydrogen) atoms. The Kier molecular flexibility index (Phi) is 7.93. The molecule has 3 rings (SSSR count). The lowest BCUT2D eigenvalue weighted by Crippen LogP contribution is -2.40. The van der Waals surface area contributed by atoms with Crippen LogP contribution >= 0.6 is 0 Å². The van der Waals surface area contributed by atoms with E-state index >= 15 is 0 Å². The topological polar surface area (TPSA) is 111 Å². The number of carbonyl (C=O) groups is 2. The van der Waals surface area contributed by atoms with Gasteiger partial charge in [-0.25, -0.2) is 17.9 Å². The number of hydrogen-bond donors (Lipinski definition) is 2. The molecule has 0 radical (unpaired) electrons. The minimum Gasteiger partial charge on any atom is -0.495 e. The van der Waals surface area contributed by atoms with Gasteiger partial charge in [0.1, 0.15) is 10.6 Å². The predicted molar refractivity (Wildman–Crippen MR) is 134 cm³/mol. The van der Waals surface area contributed by atoms with Crippen molar-refractivity contribution in [2.45, 2.75) is 31.2 Å². The van der Waals surface area contributed by atoms with Gasteiger partial charge in [0.2, 0.25) is 10.0 Å². The van der Waals surface area contributed by atoms with Gasteiger partial charge in [0.05, 0.1) is 12.7 Å². The quantitative estimate of drug-likeness (QED) is 0.452. The van der Waals surface area contributed by atoms with E-state index in [-0.39, 0.29) is 16.2 Å². The van der Waals surface area contributed by atoms with Gasteiger partial charge in [0.15, 0.2) is 6.61 Å². The summed E-state index contributed by atoms with van der Waals surface area (Å²) in [5.41, 5.74) is 1.55. The van der Waals surface area contributed by atoms with Gasteiger partial charge < -0.3 is 14.8 Å². The fourth-order valence-electron chi connectivity index (χ4n) is 3.33. The first kappa shape index (κ1) is 25.9. The molecule has 0 saturated heterocycles. The smallest absolute Gasteiger partial charge is 0.338 e. The highest BCUT2D eigenvalue weighted by molar-refractivity contribution is 7.89. The SMILES string of the molecule is COc1ccc(C(=O)OCC(=O)Nc2ccccc2-c2ccccc2)cc1S(=O)(=O)NC(C)(C)C. The number of sulfonamides is 1. The number of amides is 1. The summed E-state index contributed by atoms with van der Waals surface area (Å²) in [6.45, 7) is 4.55. The van der Waals surface area contributed by atoms with Gasteiger partial charge in [-0.3, -0.25) is 4.79 Å². The lowest BCUT2D eigenvalue weighted by atomic mass is 10.0. The number of nitrogens with one attached hydrogen (secondary N) is 2. The summed E-state index contributed by atoms with van der Waals surface area (Å²) in [6.07, 6.45) is 0. The Morgan fingerprint density at radius 1 is 0.914 bits per heavy atom. The van der Waals surface area contributed by atoms with Gasteiger partial charge in [0, 0.05) is 16.8 Å². The summed E-state index contributed by atoms with van der Waals surface area (Å²) in [5, 5.41) is 2.75. The van der Waals surface area contributed by atoms with E-state index in [1.54, 1.807) is 32.9 Å². The lowest BCUT2D eigenvalue weighted by molar-refractivity contribution is -0.119. The number of ether oxygens (including phenoxy) is 2. The third-order valence-corrected chi connectivity index (χ3v) is 6.53. The molecule has 1 amide bonds. The van der Waals surface area contributed by atoms with Gasteiger partial charge in [0.25, 0.3) is 5.91 Å². The van der Waals surface area contributed by atoms with Gasteiger partial charge in [-0.2, -0.15) is 0 Å². The second-order valence-electron chi connectivity index (χ2n) is 8.76. The van der Waals surface area contributed by atoms with Crippen molar-refractivity contribution in [1.82, 2.24) is 4.72 Å². The number of carbonyl (C=O) groups excluding carboxylic acids is 2. The summed E-state index contributed by atoms with van der Waals surface area (Å²) in [4.78, 5) is 24.9. The van der Waals surface area contributed by atoms with Crippen LogP contribution in [0.25, 0.3) is 11.1 Å². The first-order chi connectivity index (χ1) is 16.5. The van der Waals surface area contributed by atoms with Crippen molar-refractivity contribution in [3.05, 3.63) is 78.4 Å². The zero-order valence-corrected chi connectivity index (χ0v) is 20.8. The van der Waals surface area contributed by atoms with Crippen molar-refractivity contribution < 1.29 is 27.5 Å². The predicted octanol–water partition coefficient (Wildman–Crippen LogP) is 4.23. The molecule has 0 bridgehead atoms. The van der Waals surface area contributed by atoms with E-state index in [0.717, 1.165) is 17.2 Å². The molecule has 0 aliphatic heterocycles. The molecule has 0 heterocycles. The van der Waals surface area contributed by atoms with E-state index in [0.29, 0.717) is 5.69 Å². The number of rotatable bonds is 8. The number of hydrogen-bond acceptors (Lipinski definition) is 6. The van der Waals surface area contributed by atoms with E-state index in [4.69, 9.17) is 9.47 Å². The molecule has 9 heteroatoms. The molecule has 0 fully saturated rings. The van der Waals surface area contributed by atoms with Crippen LogP contribution in [0.1, 0.15) is 31.1 Å². The summed E-state index contributed by atoms with van der Waals surface area (Å²) in [6, 6.07) is 20.7. The van der Waals surface area contributed by atoms with Crippen molar-refractivity contribution in [1.29, 1.82) is 0 Å². The second-order valence-corrected chi connectivity index (χ2v) is 10.4. The summed E-state index contributed by atoms with van der Waals surface area (Å²) in [5.74, 6) is -1.29. The van der Waals surface area contributed by atoms with Crippen molar-refractivity contribution in [2.75, 3.05) is 19.0 Å². The molecule has 0 aromatic heterocycles. The molecule has 0 aliphatic rings. The summed E-state index contributed by atoms with van der Waals surface area (Å²) in [7, 11) is -2.65. The van der Waals surface area contributed by atoms with Crippen molar-refractivity contribution in [2.24, 2.45) is 0 Å². The molecular weight excluding hydrogens is 468 g/mol. The number of methoxy groups -OCH3 is 1. The van der Waals surface area contributed by atoms with Crippen LogP contribution in [0, 0.1) is 0 Å². The monoisotopic (exact) mass is 496 g/mol. The normalized spacial score (nSPS) is 11.5. The lowest BCUT2D eigenvalue weighted by Gasteiger charge is -2.21. The first-order valence-electron chi connectivity index (χ1n) is 10.8. The second kappa shape index (κ2) is 10.7. The fourth-order valence-corrected chi connectivity index (χ4v) is 4.95. The molecule has 0 aliphatic carbocycles. The highest BCUT2D eigenvalue weighted by Crippen LogP contribution is 2.28. The Balaban J connectivity index is 1.72. The zero-order chi connectivity index (χ0) is 25.6. The molecular formula is C26H28N2O6S. The fraction of sp³-hybridized carbons (Fsp3) is 0.231. The summed E-state index contributed by atoms with van der Waals surface area (Å²) < 4.78 is 38.5. The molecule has 8 nitrogen and oxygen atoms in total. The first-order valence-corrected chi connectivity index (χ1v) is 12.3. The van der Waals surface area contributed by atoms with Gasteiger partial charge in [-0.1, -0.05) is 48.5 Å². The van der Waals surface area contributed by atoms with E-state index in [1.807, 2.05) is 42.5 Å². The minimum absolute atomic E-state index is 0.0300. The van der Waals surface area contributed by atoms with Crippen LogP contribution in [-0.4, -0.2) is 39.5 Å². The average molecular weight is 497 g/mol. The molecule has 0 unspecified atom stereocenters. The van der Waals surface area contributed by atoms with Crippen LogP contribution in [0.4, 0.5) is 5.69 Å². The highest BCUT2D eigenvalue weighted by atomic mass is 32.2. The van der Waals surface area contributed by atoms with E-state index < -0.39 is 34.0 Å². The largest absolute Gasteiger partial charge is 0.495 e. The van der Waals surface area contributed by atoms with E-state index in [9.17, 15) is 18.0 Å². The maximum absolute atomic E-state index is 12.8. The molecule has 0 saturated carbocycles. The minimum atomic E-state index is -3.98. The van der Waals surface area contributed by atoms with E-state index in [1.165, 1.54) is 19.2 Å². The molecule has 0 atom stereocenters. The molecule has 3 aromatic carbocycles. The number of para-hydroxylation sites is 1. The molecule has 2 N–H and O–H groups in total. The third kappa shape index (κ3) is 6.91. The maximum atomic E-state index is 12.8. The van der Waals surface area contributed by atoms with Crippen LogP contribution in [0.3, 0.4) is 0 Å². The highest BCUT2D eigenvalue weighted by Gasteiger charge is 2.27. The van der Waals surface area contributed by atoms with Crippen LogP contribution in [-0.2, 0) is 19.6 Å². The average Bonchev–Trinajstić information content (AvgIpc) is 2.81. The Morgan fingerprint density at radius 2 is 1.57 bits per heavy atom. The van der Waals surface area contributed by atoms with E-state index in [2.05, 4.69) is 10.0 Å². The van der Waals surface area contributed by atoms with Crippen LogP contribution < -0.4 is 14.8 Å². The Labute approximate surface area is 205 Å². The van der Waals surface area contributed by atoms with Crippen molar-refractivity contribution in [3.63, 3.8) is 0 Å².